The summed E-state index contributed by atoms with van der Waals surface area (Å²) in [6.45, 7) is 1.05. The summed E-state index contributed by atoms with van der Waals surface area (Å²) in [5.74, 6) is -1.86. The summed E-state index contributed by atoms with van der Waals surface area (Å²) in [6.07, 6.45) is -0.861. The molecule has 6 heteroatoms. The molecule has 17 heavy (non-hydrogen) atoms. The molecule has 1 atom stereocenters. The maximum Gasteiger partial charge on any atom is 0.415 e. The lowest BCUT2D eigenvalue weighted by atomic mass is 10.1. The van der Waals surface area contributed by atoms with Gasteiger partial charge in [0, 0.05) is 0 Å². The number of rotatable bonds is 2. The van der Waals surface area contributed by atoms with Crippen LogP contribution in [0.4, 0.5) is 14.9 Å². The van der Waals surface area contributed by atoms with Crippen LogP contribution >= 0.6 is 0 Å². The van der Waals surface area contributed by atoms with Gasteiger partial charge < -0.3 is 9.84 Å². The van der Waals surface area contributed by atoms with Crippen LogP contribution in [0.3, 0.4) is 0 Å². The van der Waals surface area contributed by atoms with Gasteiger partial charge in [-0.05, 0) is 19.1 Å². The van der Waals surface area contributed by atoms with Crippen molar-refractivity contribution in [3.05, 3.63) is 30.1 Å². The largest absolute Gasteiger partial charge is 0.478 e. The third kappa shape index (κ3) is 1.82. The van der Waals surface area contributed by atoms with Crippen molar-refractivity contribution in [3.8, 4) is 0 Å². The Labute approximate surface area is 96.4 Å². The molecular formula is C11H10FNO4. The molecule has 1 N–H and O–H groups in total. The second-order valence-corrected chi connectivity index (χ2v) is 3.94. The lowest BCUT2D eigenvalue weighted by Gasteiger charge is -2.16. The molecule has 0 aliphatic carbocycles. The van der Waals surface area contributed by atoms with Crippen LogP contribution < -0.4 is 4.90 Å². The zero-order valence-corrected chi connectivity index (χ0v) is 9.01. The number of carbonyl (C=O) groups excluding carboxylic acids is 1. The van der Waals surface area contributed by atoms with Gasteiger partial charge in [-0.1, -0.05) is 12.1 Å². The highest BCUT2D eigenvalue weighted by Gasteiger charge is 2.48. The summed E-state index contributed by atoms with van der Waals surface area (Å²) in [5.41, 5.74) is -1.62. The summed E-state index contributed by atoms with van der Waals surface area (Å²) in [7, 11) is 0. The van der Waals surface area contributed by atoms with Crippen molar-refractivity contribution in [2.75, 3.05) is 11.4 Å². The number of benzene rings is 1. The van der Waals surface area contributed by atoms with Gasteiger partial charge in [-0.3, -0.25) is 4.90 Å². The van der Waals surface area contributed by atoms with Crippen molar-refractivity contribution < 1.29 is 23.8 Å². The predicted molar refractivity (Wildman–Crippen MR) is 56.3 cm³/mol. The highest BCUT2D eigenvalue weighted by molar-refractivity contribution is 5.95. The Morgan fingerprint density at radius 3 is 2.71 bits per heavy atom. The van der Waals surface area contributed by atoms with Gasteiger partial charge in [-0.2, -0.15) is 0 Å². The molecule has 0 aromatic heterocycles. The highest BCUT2D eigenvalue weighted by atomic mass is 19.1. The molecule has 1 aliphatic rings. The number of hydrogen-bond donors (Lipinski definition) is 1. The van der Waals surface area contributed by atoms with E-state index in [9.17, 15) is 14.0 Å². The molecule has 1 fully saturated rings. The molecule has 1 aromatic rings. The Balaban J connectivity index is 2.34. The molecule has 0 spiro atoms. The zero-order chi connectivity index (χ0) is 12.6. The third-order valence-electron chi connectivity index (χ3n) is 2.59. The average molecular weight is 239 g/mol. The maximum absolute atomic E-state index is 13.5. The minimum absolute atomic E-state index is 0.0162. The average Bonchev–Trinajstić information content (AvgIpc) is 2.56. The van der Waals surface area contributed by atoms with Crippen molar-refractivity contribution in [3.63, 3.8) is 0 Å². The van der Waals surface area contributed by atoms with Crippen molar-refractivity contribution in [1.82, 2.24) is 0 Å². The Hall–Kier alpha value is -2.11. The van der Waals surface area contributed by atoms with Crippen LogP contribution in [0.15, 0.2) is 24.3 Å². The van der Waals surface area contributed by atoms with Crippen LogP contribution in [-0.4, -0.2) is 29.3 Å². The number of anilines is 1. The highest BCUT2D eigenvalue weighted by Crippen LogP contribution is 2.29. The first-order chi connectivity index (χ1) is 7.94. The van der Waals surface area contributed by atoms with Crippen LogP contribution in [0.5, 0.6) is 0 Å². The van der Waals surface area contributed by atoms with E-state index in [0.717, 1.165) is 4.90 Å². The smallest absolute Gasteiger partial charge is 0.415 e. The first kappa shape index (κ1) is 11.4. The molecule has 1 aliphatic heterocycles. The van der Waals surface area contributed by atoms with E-state index in [1.165, 1.54) is 25.1 Å². The number of nitrogens with zero attached hydrogens (tertiary/aromatic N) is 1. The summed E-state index contributed by atoms with van der Waals surface area (Å²) in [6, 6.07) is 5.63. The number of para-hydroxylation sites is 1. The molecule has 0 radical (unpaired) electrons. The van der Waals surface area contributed by atoms with Crippen LogP contribution in [-0.2, 0) is 9.53 Å². The minimum atomic E-state index is -1.64. The zero-order valence-electron chi connectivity index (χ0n) is 9.01. The second-order valence-electron chi connectivity index (χ2n) is 3.94. The van der Waals surface area contributed by atoms with Crippen molar-refractivity contribution >= 4 is 17.7 Å². The van der Waals surface area contributed by atoms with E-state index in [1.807, 2.05) is 0 Å². The van der Waals surface area contributed by atoms with Crippen LogP contribution in [0, 0.1) is 5.82 Å². The first-order valence-electron chi connectivity index (χ1n) is 4.92. The van der Waals surface area contributed by atoms with Crippen molar-refractivity contribution in [2.45, 2.75) is 12.5 Å². The number of carboxylic acid groups (broad SMARTS) is 1. The normalized spacial score (nSPS) is 23.6. The van der Waals surface area contributed by atoms with Gasteiger partial charge in [-0.25, -0.2) is 14.0 Å². The quantitative estimate of drug-likeness (QED) is 0.851. The van der Waals surface area contributed by atoms with E-state index in [-0.39, 0.29) is 12.2 Å². The summed E-state index contributed by atoms with van der Waals surface area (Å²) in [4.78, 5) is 23.4. The van der Waals surface area contributed by atoms with E-state index in [4.69, 9.17) is 9.84 Å². The number of amides is 1. The first-order valence-corrected chi connectivity index (χ1v) is 4.92. The molecule has 1 aromatic carbocycles. The minimum Gasteiger partial charge on any atom is -0.478 e. The Kier molecular flexibility index (Phi) is 2.49. The van der Waals surface area contributed by atoms with Gasteiger partial charge in [0.05, 0.1) is 12.2 Å². The molecule has 0 bridgehead atoms. The number of hydrogen-bond acceptors (Lipinski definition) is 3. The summed E-state index contributed by atoms with van der Waals surface area (Å²) < 4.78 is 18.2. The Bertz CT molecular complexity index is 490. The predicted octanol–water partition coefficient (Wildman–Crippen LogP) is 1.63. The lowest BCUT2D eigenvalue weighted by Crippen LogP contribution is -2.39. The summed E-state index contributed by atoms with van der Waals surface area (Å²) in [5, 5.41) is 8.93. The SMILES string of the molecule is CC1(C(=O)O)CN(c2ccccc2F)C(=O)O1. The molecule has 1 amide bonds. The number of ether oxygens (including phenoxy) is 1. The molecule has 1 saturated heterocycles. The fourth-order valence-corrected chi connectivity index (χ4v) is 1.61. The van der Waals surface area contributed by atoms with Gasteiger partial charge in [0.25, 0.3) is 0 Å². The monoisotopic (exact) mass is 239 g/mol. The molecule has 5 nitrogen and oxygen atoms in total. The molecule has 1 heterocycles. The maximum atomic E-state index is 13.5. The fourth-order valence-electron chi connectivity index (χ4n) is 1.61. The molecule has 2 rings (SSSR count). The fraction of sp³-hybridized carbons (Fsp3) is 0.273. The standard InChI is InChI=1S/C11H10FNO4/c1-11(9(14)15)6-13(10(16)17-11)8-5-3-2-4-7(8)12/h2-5H,6H2,1H3,(H,14,15). The van der Waals surface area contributed by atoms with Crippen LogP contribution in [0.1, 0.15) is 6.92 Å². The lowest BCUT2D eigenvalue weighted by molar-refractivity contribution is -0.152. The number of carboxylic acids is 1. The van der Waals surface area contributed by atoms with E-state index >= 15 is 0 Å². The second kappa shape index (κ2) is 3.73. The Morgan fingerprint density at radius 1 is 1.53 bits per heavy atom. The van der Waals surface area contributed by atoms with Crippen molar-refractivity contribution in [1.29, 1.82) is 0 Å². The number of halogens is 1. The van der Waals surface area contributed by atoms with Gasteiger partial charge in [0.15, 0.2) is 0 Å². The van der Waals surface area contributed by atoms with E-state index < -0.39 is 23.5 Å². The summed E-state index contributed by atoms with van der Waals surface area (Å²) >= 11 is 0. The molecule has 90 valence electrons. The topological polar surface area (TPSA) is 66.8 Å². The van der Waals surface area contributed by atoms with Crippen molar-refractivity contribution in [2.24, 2.45) is 0 Å². The van der Waals surface area contributed by atoms with Gasteiger partial charge in [0.2, 0.25) is 5.60 Å². The van der Waals surface area contributed by atoms with Crippen LogP contribution in [0.2, 0.25) is 0 Å². The van der Waals surface area contributed by atoms with Gasteiger partial charge in [-0.15, -0.1) is 0 Å². The Morgan fingerprint density at radius 2 is 2.18 bits per heavy atom. The van der Waals surface area contributed by atoms with Crippen LogP contribution in [0.25, 0.3) is 0 Å². The van der Waals surface area contributed by atoms with E-state index in [2.05, 4.69) is 0 Å². The molecule has 1 unspecified atom stereocenters. The number of carbonyl (C=O) groups is 2. The molecular weight excluding hydrogens is 229 g/mol. The number of cyclic esters (lactones) is 1. The van der Waals surface area contributed by atoms with Gasteiger partial charge in [0.1, 0.15) is 5.82 Å². The number of aliphatic carboxylic acids is 1. The molecule has 0 saturated carbocycles. The van der Waals surface area contributed by atoms with Gasteiger partial charge >= 0.3 is 12.1 Å². The third-order valence-corrected chi connectivity index (χ3v) is 2.59. The van der Waals surface area contributed by atoms with E-state index in [0.29, 0.717) is 0 Å². The van der Waals surface area contributed by atoms with E-state index in [1.54, 1.807) is 6.07 Å².